The van der Waals surface area contributed by atoms with Crippen LogP contribution in [0.3, 0.4) is 0 Å². The van der Waals surface area contributed by atoms with E-state index in [0.717, 1.165) is 12.8 Å². The Balaban J connectivity index is 4.01. The summed E-state index contributed by atoms with van der Waals surface area (Å²) >= 11 is 0. The Hall–Kier alpha value is -0.610. The van der Waals surface area contributed by atoms with Crippen LogP contribution in [-0.2, 0) is 9.53 Å². The van der Waals surface area contributed by atoms with Crippen molar-refractivity contribution >= 4 is 5.91 Å². The van der Waals surface area contributed by atoms with Gasteiger partial charge in [-0.1, -0.05) is 13.3 Å². The van der Waals surface area contributed by atoms with Crippen LogP contribution >= 0.6 is 0 Å². The highest BCUT2D eigenvalue weighted by Gasteiger charge is 2.18. The lowest BCUT2D eigenvalue weighted by Crippen LogP contribution is -2.44. The molecule has 14 heavy (non-hydrogen) atoms. The lowest BCUT2D eigenvalue weighted by atomic mass is 10.1. The number of carbonyl (C=O) groups is 1. The Labute approximate surface area is 86.4 Å². The van der Waals surface area contributed by atoms with Gasteiger partial charge in [-0.2, -0.15) is 0 Å². The van der Waals surface area contributed by atoms with Crippen molar-refractivity contribution in [2.45, 2.75) is 32.7 Å². The summed E-state index contributed by atoms with van der Waals surface area (Å²) in [6.45, 7) is 5.87. The van der Waals surface area contributed by atoms with E-state index in [9.17, 15) is 4.79 Å². The third kappa shape index (κ3) is 4.58. The molecule has 1 amide bonds. The van der Waals surface area contributed by atoms with Crippen LogP contribution in [0, 0.1) is 0 Å². The van der Waals surface area contributed by atoms with Gasteiger partial charge in [0.15, 0.2) is 0 Å². The number of carbonyl (C=O) groups excluding carboxylic acids is 1. The van der Waals surface area contributed by atoms with Gasteiger partial charge in [-0.3, -0.25) is 4.79 Å². The van der Waals surface area contributed by atoms with Crippen LogP contribution in [0.1, 0.15) is 26.7 Å². The molecular formula is C10H22N2O2. The summed E-state index contributed by atoms with van der Waals surface area (Å²) in [5.41, 5.74) is 5.74. The van der Waals surface area contributed by atoms with Gasteiger partial charge in [-0.15, -0.1) is 0 Å². The standard InChI is InChI=1S/C10H22N2O2/c1-4-6-9(11)10(13)12(5-2)7-8-14-3/h9H,4-8,11H2,1-3H3. The number of rotatable bonds is 7. The minimum absolute atomic E-state index is 0.0337. The molecule has 0 saturated carbocycles. The lowest BCUT2D eigenvalue weighted by Gasteiger charge is -2.23. The zero-order valence-electron chi connectivity index (χ0n) is 9.45. The van der Waals surface area contributed by atoms with Gasteiger partial charge in [0, 0.05) is 20.2 Å². The summed E-state index contributed by atoms with van der Waals surface area (Å²) < 4.78 is 4.93. The minimum atomic E-state index is -0.350. The van der Waals surface area contributed by atoms with E-state index >= 15 is 0 Å². The molecule has 0 spiro atoms. The Kier molecular flexibility index (Phi) is 7.42. The summed E-state index contributed by atoms with van der Waals surface area (Å²) in [5, 5.41) is 0. The molecule has 2 N–H and O–H groups in total. The van der Waals surface area contributed by atoms with E-state index in [1.807, 2.05) is 13.8 Å². The summed E-state index contributed by atoms with van der Waals surface area (Å²) in [4.78, 5) is 13.5. The van der Waals surface area contributed by atoms with Crippen molar-refractivity contribution in [3.63, 3.8) is 0 Å². The fraction of sp³-hybridized carbons (Fsp3) is 0.900. The normalized spacial score (nSPS) is 12.6. The van der Waals surface area contributed by atoms with Crippen LogP contribution in [0.2, 0.25) is 0 Å². The molecule has 0 aliphatic carbocycles. The van der Waals surface area contributed by atoms with E-state index in [1.54, 1.807) is 12.0 Å². The zero-order chi connectivity index (χ0) is 11.0. The number of nitrogens with zero attached hydrogens (tertiary/aromatic N) is 1. The van der Waals surface area contributed by atoms with E-state index in [2.05, 4.69) is 0 Å². The zero-order valence-corrected chi connectivity index (χ0v) is 9.45. The molecule has 1 unspecified atom stereocenters. The maximum Gasteiger partial charge on any atom is 0.239 e. The number of ether oxygens (including phenoxy) is 1. The summed E-state index contributed by atoms with van der Waals surface area (Å²) in [6.07, 6.45) is 1.69. The SMILES string of the molecule is CCCC(N)C(=O)N(CC)CCOC. The molecule has 0 aromatic rings. The first kappa shape index (κ1) is 13.4. The van der Waals surface area contributed by atoms with Crippen molar-refractivity contribution in [1.29, 1.82) is 0 Å². The van der Waals surface area contributed by atoms with Crippen molar-refractivity contribution < 1.29 is 9.53 Å². The topological polar surface area (TPSA) is 55.6 Å². The van der Waals surface area contributed by atoms with Gasteiger partial charge in [0.1, 0.15) is 0 Å². The summed E-state index contributed by atoms with van der Waals surface area (Å²) in [6, 6.07) is -0.350. The highest BCUT2D eigenvalue weighted by molar-refractivity contribution is 5.81. The molecule has 0 aromatic heterocycles. The van der Waals surface area contributed by atoms with Gasteiger partial charge >= 0.3 is 0 Å². The van der Waals surface area contributed by atoms with Crippen LogP contribution in [-0.4, -0.2) is 43.7 Å². The average molecular weight is 202 g/mol. The van der Waals surface area contributed by atoms with Crippen LogP contribution in [0.5, 0.6) is 0 Å². The van der Waals surface area contributed by atoms with Crippen molar-refractivity contribution in [3.05, 3.63) is 0 Å². The predicted molar refractivity (Wildman–Crippen MR) is 57.0 cm³/mol. The molecule has 0 aliphatic rings. The second kappa shape index (κ2) is 7.76. The lowest BCUT2D eigenvalue weighted by molar-refractivity contribution is -0.133. The van der Waals surface area contributed by atoms with Crippen molar-refractivity contribution in [1.82, 2.24) is 4.90 Å². The third-order valence-electron chi connectivity index (χ3n) is 2.18. The number of nitrogens with two attached hydrogens (primary N) is 1. The molecule has 0 aliphatic heterocycles. The van der Waals surface area contributed by atoms with E-state index in [1.165, 1.54) is 0 Å². The van der Waals surface area contributed by atoms with Gasteiger partial charge in [0.2, 0.25) is 5.91 Å². The van der Waals surface area contributed by atoms with Crippen LogP contribution < -0.4 is 5.73 Å². The maximum absolute atomic E-state index is 11.7. The van der Waals surface area contributed by atoms with Gasteiger partial charge < -0.3 is 15.4 Å². The molecule has 4 nitrogen and oxygen atoms in total. The van der Waals surface area contributed by atoms with E-state index in [4.69, 9.17) is 10.5 Å². The predicted octanol–water partition coefficient (Wildman–Crippen LogP) is 0.609. The van der Waals surface area contributed by atoms with Crippen LogP contribution in [0.15, 0.2) is 0 Å². The molecule has 0 heterocycles. The Morgan fingerprint density at radius 1 is 1.50 bits per heavy atom. The van der Waals surface area contributed by atoms with Crippen molar-refractivity contribution in [3.8, 4) is 0 Å². The quantitative estimate of drug-likeness (QED) is 0.658. The Bertz CT molecular complexity index is 162. The molecular weight excluding hydrogens is 180 g/mol. The van der Waals surface area contributed by atoms with E-state index in [0.29, 0.717) is 19.7 Å². The fourth-order valence-electron chi connectivity index (χ4n) is 1.29. The molecule has 0 fully saturated rings. The van der Waals surface area contributed by atoms with Gasteiger partial charge in [0.25, 0.3) is 0 Å². The largest absolute Gasteiger partial charge is 0.383 e. The number of likely N-dealkylation sites (N-methyl/N-ethyl adjacent to an activating group) is 1. The number of methoxy groups -OCH3 is 1. The van der Waals surface area contributed by atoms with E-state index < -0.39 is 0 Å². The summed E-state index contributed by atoms with van der Waals surface area (Å²) in [5.74, 6) is 0.0337. The smallest absolute Gasteiger partial charge is 0.239 e. The Morgan fingerprint density at radius 3 is 2.57 bits per heavy atom. The minimum Gasteiger partial charge on any atom is -0.383 e. The summed E-state index contributed by atoms with van der Waals surface area (Å²) in [7, 11) is 1.63. The number of hydrogen-bond donors (Lipinski definition) is 1. The Morgan fingerprint density at radius 2 is 2.14 bits per heavy atom. The van der Waals surface area contributed by atoms with Crippen LogP contribution in [0.4, 0.5) is 0 Å². The molecule has 0 bridgehead atoms. The molecule has 1 atom stereocenters. The van der Waals surface area contributed by atoms with Gasteiger partial charge in [-0.05, 0) is 13.3 Å². The monoisotopic (exact) mass is 202 g/mol. The first-order valence-corrected chi connectivity index (χ1v) is 5.20. The highest BCUT2D eigenvalue weighted by atomic mass is 16.5. The first-order valence-electron chi connectivity index (χ1n) is 5.20. The van der Waals surface area contributed by atoms with Crippen molar-refractivity contribution in [2.24, 2.45) is 5.73 Å². The first-order chi connectivity index (χ1) is 6.67. The number of amides is 1. The molecule has 0 radical (unpaired) electrons. The van der Waals surface area contributed by atoms with E-state index in [-0.39, 0.29) is 11.9 Å². The van der Waals surface area contributed by atoms with Crippen LogP contribution in [0.25, 0.3) is 0 Å². The van der Waals surface area contributed by atoms with Gasteiger partial charge in [-0.25, -0.2) is 0 Å². The van der Waals surface area contributed by atoms with Gasteiger partial charge in [0.05, 0.1) is 12.6 Å². The highest BCUT2D eigenvalue weighted by Crippen LogP contribution is 1.99. The molecule has 84 valence electrons. The second-order valence-electron chi connectivity index (χ2n) is 3.31. The molecule has 0 aromatic carbocycles. The fourth-order valence-corrected chi connectivity index (χ4v) is 1.29. The molecule has 0 rings (SSSR count). The number of hydrogen-bond acceptors (Lipinski definition) is 3. The molecule has 0 saturated heterocycles. The maximum atomic E-state index is 11.7. The van der Waals surface area contributed by atoms with Crippen molar-refractivity contribution in [2.75, 3.05) is 26.8 Å². The molecule has 4 heteroatoms. The second-order valence-corrected chi connectivity index (χ2v) is 3.31. The third-order valence-corrected chi connectivity index (χ3v) is 2.18. The average Bonchev–Trinajstić information content (AvgIpc) is 2.19.